The van der Waals surface area contributed by atoms with Crippen LogP contribution in [0.2, 0.25) is 0 Å². The van der Waals surface area contributed by atoms with Crippen molar-refractivity contribution in [2.45, 2.75) is 38.6 Å². The van der Waals surface area contributed by atoms with Crippen LogP contribution in [0.25, 0.3) is 10.1 Å². The van der Waals surface area contributed by atoms with Gasteiger partial charge in [-0.1, -0.05) is 11.6 Å². The summed E-state index contributed by atoms with van der Waals surface area (Å²) in [5.74, 6) is -1.16. The van der Waals surface area contributed by atoms with Crippen molar-refractivity contribution in [3.63, 3.8) is 0 Å². The number of carboxylic acid groups (broad SMARTS) is 1. The molecular formula is C16H18N2O3S. The first-order valence-electron chi connectivity index (χ1n) is 7.44. The van der Waals surface area contributed by atoms with Crippen LogP contribution in [0.3, 0.4) is 0 Å². The van der Waals surface area contributed by atoms with Crippen LogP contribution in [0, 0.1) is 12.8 Å². The van der Waals surface area contributed by atoms with Gasteiger partial charge in [-0.15, -0.1) is 0 Å². The van der Waals surface area contributed by atoms with Crippen LogP contribution >= 0.6 is 11.5 Å². The molecule has 0 spiro atoms. The summed E-state index contributed by atoms with van der Waals surface area (Å²) in [6, 6.07) is 6.02. The molecule has 1 heterocycles. The number of carbonyl (C=O) groups excluding carboxylic acids is 1. The van der Waals surface area contributed by atoms with Crippen molar-refractivity contribution in [1.29, 1.82) is 0 Å². The smallest absolute Gasteiger partial charge is 0.306 e. The molecule has 116 valence electrons. The van der Waals surface area contributed by atoms with Crippen molar-refractivity contribution in [2.75, 3.05) is 0 Å². The number of aryl methyl sites for hydroxylation is 1. The minimum atomic E-state index is -0.731. The van der Waals surface area contributed by atoms with E-state index in [0.717, 1.165) is 15.6 Å². The molecule has 0 bridgehead atoms. The van der Waals surface area contributed by atoms with E-state index in [4.69, 9.17) is 5.11 Å². The Morgan fingerprint density at radius 2 is 2.00 bits per heavy atom. The molecule has 0 atom stereocenters. The van der Waals surface area contributed by atoms with Crippen molar-refractivity contribution < 1.29 is 14.7 Å². The monoisotopic (exact) mass is 318 g/mol. The number of amides is 1. The lowest BCUT2D eigenvalue weighted by Gasteiger charge is -2.26. The summed E-state index contributed by atoms with van der Waals surface area (Å²) in [6.45, 7) is 1.99. The lowest BCUT2D eigenvalue weighted by atomic mass is 9.86. The van der Waals surface area contributed by atoms with Gasteiger partial charge < -0.3 is 10.4 Å². The third-order valence-electron chi connectivity index (χ3n) is 4.25. The van der Waals surface area contributed by atoms with E-state index < -0.39 is 5.97 Å². The number of aromatic nitrogens is 1. The van der Waals surface area contributed by atoms with Crippen LogP contribution in [0.15, 0.2) is 18.2 Å². The molecule has 0 saturated heterocycles. The number of nitrogens with zero attached hydrogens (tertiary/aromatic N) is 1. The molecule has 1 aliphatic rings. The van der Waals surface area contributed by atoms with Crippen molar-refractivity contribution in [3.8, 4) is 0 Å². The number of hydrogen-bond donors (Lipinski definition) is 2. The molecule has 1 aliphatic carbocycles. The number of nitrogens with one attached hydrogen (secondary N) is 1. The maximum absolute atomic E-state index is 12.4. The van der Waals surface area contributed by atoms with Gasteiger partial charge in [0.25, 0.3) is 5.91 Å². The molecule has 2 aromatic rings. The molecule has 1 aromatic carbocycles. The lowest BCUT2D eigenvalue weighted by Crippen LogP contribution is -2.38. The molecule has 1 aromatic heterocycles. The quantitative estimate of drug-likeness (QED) is 0.912. The number of rotatable bonds is 3. The highest BCUT2D eigenvalue weighted by atomic mass is 32.1. The van der Waals surface area contributed by atoms with Gasteiger partial charge in [0.05, 0.1) is 10.6 Å². The predicted molar refractivity (Wildman–Crippen MR) is 85.2 cm³/mol. The molecule has 0 aliphatic heterocycles. The van der Waals surface area contributed by atoms with Gasteiger partial charge in [-0.25, -0.2) is 0 Å². The molecule has 6 heteroatoms. The Morgan fingerprint density at radius 1 is 1.27 bits per heavy atom. The van der Waals surface area contributed by atoms with Gasteiger partial charge in [0.1, 0.15) is 5.69 Å². The Balaban J connectivity index is 1.69. The summed E-state index contributed by atoms with van der Waals surface area (Å²) in [7, 11) is 0. The van der Waals surface area contributed by atoms with E-state index in [1.54, 1.807) is 0 Å². The molecular weight excluding hydrogens is 300 g/mol. The van der Waals surface area contributed by atoms with Crippen LogP contribution in [0.5, 0.6) is 0 Å². The van der Waals surface area contributed by atoms with Gasteiger partial charge in [0.15, 0.2) is 0 Å². The minimum absolute atomic E-state index is 0.0460. The third-order valence-corrected chi connectivity index (χ3v) is 5.08. The Bertz CT molecular complexity index is 717. The van der Waals surface area contributed by atoms with Crippen molar-refractivity contribution in [3.05, 3.63) is 29.5 Å². The molecule has 0 radical (unpaired) electrons. The molecule has 22 heavy (non-hydrogen) atoms. The van der Waals surface area contributed by atoms with E-state index in [0.29, 0.717) is 31.4 Å². The summed E-state index contributed by atoms with van der Waals surface area (Å²) >= 11 is 1.33. The van der Waals surface area contributed by atoms with E-state index in [-0.39, 0.29) is 17.9 Å². The Labute approximate surface area is 132 Å². The fraction of sp³-hybridized carbons (Fsp3) is 0.438. The summed E-state index contributed by atoms with van der Waals surface area (Å²) in [5.41, 5.74) is 1.58. The van der Waals surface area contributed by atoms with Crippen LogP contribution in [0.4, 0.5) is 0 Å². The van der Waals surface area contributed by atoms with Crippen molar-refractivity contribution in [1.82, 2.24) is 9.69 Å². The summed E-state index contributed by atoms with van der Waals surface area (Å²) < 4.78 is 5.29. The Kier molecular flexibility index (Phi) is 4.11. The lowest BCUT2D eigenvalue weighted by molar-refractivity contribution is -0.142. The molecule has 1 amide bonds. The van der Waals surface area contributed by atoms with Crippen LogP contribution in [-0.4, -0.2) is 27.4 Å². The number of hydrogen-bond acceptors (Lipinski definition) is 4. The summed E-state index contributed by atoms with van der Waals surface area (Å²) in [4.78, 5) is 23.4. The fourth-order valence-corrected chi connectivity index (χ4v) is 3.71. The second-order valence-electron chi connectivity index (χ2n) is 5.89. The van der Waals surface area contributed by atoms with Gasteiger partial charge in [-0.2, -0.15) is 4.37 Å². The average molecular weight is 318 g/mol. The number of benzene rings is 1. The van der Waals surface area contributed by atoms with E-state index in [9.17, 15) is 9.59 Å². The largest absolute Gasteiger partial charge is 0.481 e. The molecule has 1 fully saturated rings. The number of aliphatic carboxylic acids is 1. The fourth-order valence-electron chi connectivity index (χ4n) is 2.95. The van der Waals surface area contributed by atoms with Gasteiger partial charge in [0, 0.05) is 11.4 Å². The summed E-state index contributed by atoms with van der Waals surface area (Å²) in [5, 5.41) is 12.9. The maximum Gasteiger partial charge on any atom is 0.306 e. The van der Waals surface area contributed by atoms with Crippen LogP contribution in [-0.2, 0) is 4.79 Å². The SMILES string of the molecule is Cc1ccc2snc(C(=O)NC3CCC(C(=O)O)CC3)c2c1. The van der Waals surface area contributed by atoms with Gasteiger partial charge in [-0.05, 0) is 56.3 Å². The first-order chi connectivity index (χ1) is 10.5. The summed E-state index contributed by atoms with van der Waals surface area (Å²) in [6.07, 6.45) is 2.67. The zero-order chi connectivity index (χ0) is 15.7. The van der Waals surface area contributed by atoms with Gasteiger partial charge in [-0.3, -0.25) is 9.59 Å². The van der Waals surface area contributed by atoms with Crippen LogP contribution < -0.4 is 5.32 Å². The van der Waals surface area contributed by atoms with E-state index >= 15 is 0 Å². The molecule has 1 saturated carbocycles. The predicted octanol–water partition coefficient (Wildman–Crippen LogP) is 2.98. The molecule has 5 nitrogen and oxygen atoms in total. The molecule has 3 rings (SSSR count). The average Bonchev–Trinajstić information content (AvgIpc) is 2.90. The zero-order valence-electron chi connectivity index (χ0n) is 12.3. The van der Waals surface area contributed by atoms with Gasteiger partial charge >= 0.3 is 5.97 Å². The van der Waals surface area contributed by atoms with Crippen LogP contribution in [0.1, 0.15) is 41.7 Å². The second kappa shape index (κ2) is 6.04. The highest BCUT2D eigenvalue weighted by molar-refractivity contribution is 7.13. The number of fused-ring (bicyclic) bond motifs is 1. The first kappa shape index (κ1) is 15.0. The first-order valence-corrected chi connectivity index (χ1v) is 8.21. The maximum atomic E-state index is 12.4. The topological polar surface area (TPSA) is 79.3 Å². The molecule has 0 unspecified atom stereocenters. The third kappa shape index (κ3) is 2.97. The standard InChI is InChI=1S/C16H18N2O3S/c1-9-2-7-13-12(8-9)14(18-22-13)15(19)17-11-5-3-10(4-6-11)16(20)21/h2,7-8,10-11H,3-6H2,1H3,(H,17,19)(H,20,21). The highest BCUT2D eigenvalue weighted by Crippen LogP contribution is 2.26. The highest BCUT2D eigenvalue weighted by Gasteiger charge is 2.27. The van der Waals surface area contributed by atoms with Crippen molar-refractivity contribution >= 4 is 33.5 Å². The normalized spacial score (nSPS) is 21.7. The Morgan fingerprint density at radius 3 is 2.68 bits per heavy atom. The van der Waals surface area contributed by atoms with E-state index in [1.807, 2.05) is 25.1 Å². The molecule has 2 N–H and O–H groups in total. The number of carboxylic acids is 1. The van der Waals surface area contributed by atoms with E-state index in [1.165, 1.54) is 11.5 Å². The van der Waals surface area contributed by atoms with E-state index in [2.05, 4.69) is 9.69 Å². The van der Waals surface area contributed by atoms with Gasteiger partial charge in [0.2, 0.25) is 0 Å². The number of carbonyl (C=O) groups is 2. The van der Waals surface area contributed by atoms with Crippen molar-refractivity contribution in [2.24, 2.45) is 5.92 Å². The zero-order valence-corrected chi connectivity index (χ0v) is 13.2. The second-order valence-corrected chi connectivity index (χ2v) is 6.70. The minimum Gasteiger partial charge on any atom is -0.481 e. The Hall–Kier alpha value is -1.95.